The SMILES string of the molecule is OC(CCCC(F)(F)F)c1nccs1. The van der Waals surface area contributed by atoms with E-state index in [1.54, 1.807) is 5.38 Å². The Kier molecular flexibility index (Phi) is 3.88. The van der Waals surface area contributed by atoms with E-state index < -0.39 is 18.7 Å². The number of aliphatic hydroxyl groups is 1. The monoisotopic (exact) mass is 225 g/mol. The summed E-state index contributed by atoms with van der Waals surface area (Å²) in [6.07, 6.45) is -4.29. The van der Waals surface area contributed by atoms with Crippen molar-refractivity contribution in [3.05, 3.63) is 16.6 Å². The molecule has 80 valence electrons. The summed E-state index contributed by atoms with van der Waals surface area (Å²) in [7, 11) is 0. The van der Waals surface area contributed by atoms with E-state index in [9.17, 15) is 18.3 Å². The predicted molar refractivity (Wildman–Crippen MR) is 47.0 cm³/mol. The van der Waals surface area contributed by atoms with E-state index in [1.165, 1.54) is 17.5 Å². The highest BCUT2D eigenvalue weighted by Gasteiger charge is 2.26. The van der Waals surface area contributed by atoms with Crippen molar-refractivity contribution in [3.63, 3.8) is 0 Å². The Labute approximate surface area is 83.4 Å². The summed E-state index contributed by atoms with van der Waals surface area (Å²) in [6.45, 7) is 0. The molecule has 6 heteroatoms. The lowest BCUT2D eigenvalue weighted by Gasteiger charge is -2.08. The van der Waals surface area contributed by atoms with Crippen LogP contribution in [0.1, 0.15) is 30.4 Å². The second-order valence-corrected chi connectivity index (χ2v) is 3.82. The Balaban J connectivity index is 2.26. The van der Waals surface area contributed by atoms with Gasteiger partial charge in [-0.25, -0.2) is 4.98 Å². The first-order valence-electron chi connectivity index (χ1n) is 4.13. The number of halogens is 3. The van der Waals surface area contributed by atoms with Crippen LogP contribution in [0.15, 0.2) is 11.6 Å². The molecule has 0 radical (unpaired) electrons. The molecule has 0 aromatic carbocycles. The lowest BCUT2D eigenvalue weighted by Crippen LogP contribution is -2.07. The molecule has 1 N–H and O–H groups in total. The average molecular weight is 225 g/mol. The maximum absolute atomic E-state index is 11.8. The molecule has 1 aromatic rings. The van der Waals surface area contributed by atoms with Crippen molar-refractivity contribution in [2.45, 2.75) is 31.5 Å². The van der Waals surface area contributed by atoms with E-state index in [2.05, 4.69) is 4.98 Å². The molecule has 0 aliphatic carbocycles. The third-order valence-corrected chi connectivity index (χ3v) is 2.55. The van der Waals surface area contributed by atoms with Gasteiger partial charge in [0.15, 0.2) is 0 Å². The van der Waals surface area contributed by atoms with Crippen LogP contribution in [0, 0.1) is 0 Å². The zero-order valence-corrected chi connectivity index (χ0v) is 8.11. The number of hydrogen-bond donors (Lipinski definition) is 1. The number of hydrogen-bond acceptors (Lipinski definition) is 3. The Morgan fingerprint density at radius 3 is 2.71 bits per heavy atom. The van der Waals surface area contributed by atoms with Gasteiger partial charge in [0, 0.05) is 18.0 Å². The van der Waals surface area contributed by atoms with E-state index in [0.29, 0.717) is 5.01 Å². The largest absolute Gasteiger partial charge is 0.389 e. The lowest BCUT2D eigenvalue weighted by molar-refractivity contribution is -0.136. The van der Waals surface area contributed by atoms with Crippen LogP contribution in [0.2, 0.25) is 0 Å². The molecule has 0 saturated carbocycles. The van der Waals surface area contributed by atoms with Crippen molar-refractivity contribution in [3.8, 4) is 0 Å². The minimum atomic E-state index is -4.14. The minimum absolute atomic E-state index is 0.0652. The standard InChI is InChI=1S/C8H10F3NOS/c9-8(10,11)3-1-2-6(13)7-12-4-5-14-7/h4-6,13H,1-3H2. The molecule has 0 aliphatic rings. The lowest BCUT2D eigenvalue weighted by atomic mass is 10.1. The van der Waals surface area contributed by atoms with E-state index >= 15 is 0 Å². The summed E-state index contributed by atoms with van der Waals surface area (Å²) < 4.78 is 35.3. The number of thiazole rings is 1. The van der Waals surface area contributed by atoms with Gasteiger partial charge in [-0.2, -0.15) is 13.2 Å². The molecule has 1 unspecified atom stereocenters. The average Bonchev–Trinajstić information content (AvgIpc) is 2.53. The molecule has 2 nitrogen and oxygen atoms in total. The third-order valence-electron chi connectivity index (χ3n) is 1.67. The van der Waals surface area contributed by atoms with Crippen molar-refractivity contribution in [1.29, 1.82) is 0 Å². The molecule has 1 aromatic heterocycles. The van der Waals surface area contributed by atoms with Crippen molar-refractivity contribution in [2.75, 3.05) is 0 Å². The van der Waals surface area contributed by atoms with Crippen LogP contribution in [-0.2, 0) is 0 Å². The molecule has 1 rings (SSSR count). The highest BCUT2D eigenvalue weighted by molar-refractivity contribution is 7.09. The van der Waals surface area contributed by atoms with Gasteiger partial charge in [-0.1, -0.05) is 0 Å². The first kappa shape index (κ1) is 11.5. The van der Waals surface area contributed by atoms with Crippen LogP contribution >= 0.6 is 11.3 Å². The van der Waals surface area contributed by atoms with E-state index in [-0.39, 0.29) is 12.8 Å². The fourth-order valence-corrected chi connectivity index (χ4v) is 1.68. The molecule has 0 amide bonds. The molecule has 0 saturated heterocycles. The van der Waals surface area contributed by atoms with Gasteiger partial charge in [0.25, 0.3) is 0 Å². The molecule has 0 aliphatic heterocycles. The van der Waals surface area contributed by atoms with Gasteiger partial charge in [-0.15, -0.1) is 11.3 Å². The summed E-state index contributed by atoms with van der Waals surface area (Å²) >= 11 is 1.25. The summed E-state index contributed by atoms with van der Waals surface area (Å²) in [4.78, 5) is 3.82. The third kappa shape index (κ3) is 4.06. The number of alkyl halides is 3. The molecule has 1 atom stereocenters. The first-order valence-corrected chi connectivity index (χ1v) is 5.01. The Morgan fingerprint density at radius 1 is 1.50 bits per heavy atom. The minimum Gasteiger partial charge on any atom is -0.386 e. The van der Waals surface area contributed by atoms with Gasteiger partial charge >= 0.3 is 6.18 Å². The van der Waals surface area contributed by atoms with Crippen LogP contribution in [0.25, 0.3) is 0 Å². The Morgan fingerprint density at radius 2 is 2.21 bits per heavy atom. The van der Waals surface area contributed by atoms with Gasteiger partial charge in [0.1, 0.15) is 11.1 Å². The molecule has 0 spiro atoms. The normalized spacial score (nSPS) is 14.3. The zero-order chi connectivity index (χ0) is 10.6. The second kappa shape index (κ2) is 4.75. The maximum atomic E-state index is 11.8. The smallest absolute Gasteiger partial charge is 0.386 e. The predicted octanol–water partition coefficient (Wildman–Crippen LogP) is 2.91. The maximum Gasteiger partial charge on any atom is 0.389 e. The highest BCUT2D eigenvalue weighted by atomic mass is 32.1. The van der Waals surface area contributed by atoms with E-state index in [0.717, 1.165) is 0 Å². The van der Waals surface area contributed by atoms with Gasteiger partial charge < -0.3 is 5.11 Å². The molecular formula is C8H10F3NOS. The Bertz CT molecular complexity index is 260. The quantitative estimate of drug-likeness (QED) is 0.854. The van der Waals surface area contributed by atoms with Crippen molar-refractivity contribution in [2.24, 2.45) is 0 Å². The zero-order valence-electron chi connectivity index (χ0n) is 7.29. The molecule has 14 heavy (non-hydrogen) atoms. The summed E-state index contributed by atoms with van der Waals surface area (Å²) in [6, 6.07) is 0. The number of nitrogens with zero attached hydrogens (tertiary/aromatic N) is 1. The van der Waals surface area contributed by atoms with Gasteiger partial charge in [0.05, 0.1) is 0 Å². The van der Waals surface area contributed by atoms with E-state index in [4.69, 9.17) is 0 Å². The first-order chi connectivity index (χ1) is 6.49. The van der Waals surface area contributed by atoms with Crippen molar-refractivity contribution in [1.82, 2.24) is 4.98 Å². The summed E-state index contributed by atoms with van der Waals surface area (Å²) in [5.41, 5.74) is 0. The fourth-order valence-electron chi connectivity index (χ4n) is 1.02. The molecular weight excluding hydrogens is 215 g/mol. The molecule has 0 fully saturated rings. The number of aromatic nitrogens is 1. The van der Waals surface area contributed by atoms with Gasteiger partial charge in [-0.3, -0.25) is 0 Å². The van der Waals surface area contributed by atoms with Crippen molar-refractivity contribution < 1.29 is 18.3 Å². The fraction of sp³-hybridized carbons (Fsp3) is 0.625. The summed E-state index contributed by atoms with van der Waals surface area (Å²) in [5.74, 6) is 0. The van der Waals surface area contributed by atoms with Crippen molar-refractivity contribution >= 4 is 11.3 Å². The molecule has 1 heterocycles. The Hall–Kier alpha value is -0.620. The van der Waals surface area contributed by atoms with Gasteiger partial charge in [0.2, 0.25) is 0 Å². The summed E-state index contributed by atoms with van der Waals surface area (Å²) in [5, 5.41) is 11.5. The number of aliphatic hydroxyl groups excluding tert-OH is 1. The van der Waals surface area contributed by atoms with E-state index in [1.807, 2.05) is 0 Å². The van der Waals surface area contributed by atoms with Crippen LogP contribution in [0.4, 0.5) is 13.2 Å². The molecule has 0 bridgehead atoms. The van der Waals surface area contributed by atoms with Crippen LogP contribution in [-0.4, -0.2) is 16.3 Å². The number of rotatable bonds is 4. The van der Waals surface area contributed by atoms with Crippen LogP contribution < -0.4 is 0 Å². The topological polar surface area (TPSA) is 33.1 Å². The van der Waals surface area contributed by atoms with Crippen LogP contribution in [0.3, 0.4) is 0 Å². The van der Waals surface area contributed by atoms with Crippen LogP contribution in [0.5, 0.6) is 0 Å². The highest BCUT2D eigenvalue weighted by Crippen LogP contribution is 2.26. The second-order valence-electron chi connectivity index (χ2n) is 2.89. The van der Waals surface area contributed by atoms with Gasteiger partial charge in [-0.05, 0) is 12.8 Å².